The smallest absolute Gasteiger partial charge is 0.255 e. The van der Waals surface area contributed by atoms with Gasteiger partial charge in [-0.15, -0.1) is 0 Å². The van der Waals surface area contributed by atoms with Gasteiger partial charge in [0, 0.05) is 44.4 Å². The predicted molar refractivity (Wildman–Crippen MR) is 98.8 cm³/mol. The Balaban J connectivity index is 1.67. The van der Waals surface area contributed by atoms with E-state index in [1.807, 2.05) is 6.07 Å². The minimum atomic E-state index is -3.09. The Bertz CT molecular complexity index is 947. The highest BCUT2D eigenvalue weighted by Crippen LogP contribution is 2.18. The van der Waals surface area contributed by atoms with Gasteiger partial charge in [0.15, 0.2) is 9.84 Å². The average Bonchev–Trinajstić information content (AvgIpc) is 3.05. The van der Waals surface area contributed by atoms with Gasteiger partial charge in [-0.05, 0) is 24.1 Å². The van der Waals surface area contributed by atoms with Crippen LogP contribution in [0.2, 0.25) is 0 Å². The molecule has 0 radical (unpaired) electrons. The second kappa shape index (κ2) is 7.83. The van der Waals surface area contributed by atoms with Gasteiger partial charge < -0.3 is 10.2 Å². The van der Waals surface area contributed by atoms with Crippen LogP contribution in [-0.2, 0) is 16.4 Å². The number of hydrogen-bond acceptors (Lipinski definition) is 6. The van der Waals surface area contributed by atoms with E-state index >= 15 is 0 Å². The maximum absolute atomic E-state index is 12.6. The van der Waals surface area contributed by atoms with Gasteiger partial charge in [-0.3, -0.25) is 19.6 Å². The molecule has 1 fully saturated rings. The van der Waals surface area contributed by atoms with E-state index in [4.69, 9.17) is 0 Å². The summed E-state index contributed by atoms with van der Waals surface area (Å²) in [6, 6.07) is 4.73. The van der Waals surface area contributed by atoms with Gasteiger partial charge in [0.2, 0.25) is 0 Å². The predicted octanol–water partition coefficient (Wildman–Crippen LogP) is 0.666. The number of nitrogens with zero attached hydrogens (tertiary/aromatic N) is 3. The third-order valence-electron chi connectivity index (χ3n) is 4.50. The van der Waals surface area contributed by atoms with Crippen molar-refractivity contribution in [3.8, 4) is 0 Å². The molecule has 1 aliphatic heterocycles. The number of nitrogens with one attached hydrogen (secondary N) is 1. The third-order valence-corrected chi connectivity index (χ3v) is 6.25. The molecule has 2 amide bonds. The van der Waals surface area contributed by atoms with Crippen molar-refractivity contribution in [2.45, 2.75) is 19.0 Å². The maximum atomic E-state index is 12.6. The Morgan fingerprint density at radius 3 is 2.67 bits per heavy atom. The molecule has 0 saturated carbocycles. The van der Waals surface area contributed by atoms with Gasteiger partial charge in [-0.25, -0.2) is 8.42 Å². The lowest BCUT2D eigenvalue weighted by atomic mass is 10.1. The van der Waals surface area contributed by atoms with Gasteiger partial charge in [0.05, 0.1) is 22.6 Å². The van der Waals surface area contributed by atoms with Crippen molar-refractivity contribution in [3.63, 3.8) is 0 Å². The van der Waals surface area contributed by atoms with Gasteiger partial charge in [-0.1, -0.05) is 6.07 Å². The summed E-state index contributed by atoms with van der Waals surface area (Å²) in [5.41, 5.74) is 1.36. The first-order valence-corrected chi connectivity index (χ1v) is 10.3. The Hall–Kier alpha value is -2.81. The van der Waals surface area contributed by atoms with Crippen LogP contribution < -0.4 is 5.32 Å². The van der Waals surface area contributed by atoms with Crippen LogP contribution in [-0.4, -0.2) is 59.7 Å². The topological polar surface area (TPSA) is 109 Å². The number of amides is 2. The second-order valence-electron chi connectivity index (χ2n) is 6.48. The van der Waals surface area contributed by atoms with Crippen molar-refractivity contribution in [3.05, 3.63) is 59.7 Å². The lowest BCUT2D eigenvalue weighted by Gasteiger charge is -2.23. The number of pyridine rings is 2. The molecule has 9 heteroatoms. The average molecular weight is 388 g/mol. The lowest BCUT2D eigenvalue weighted by molar-refractivity contribution is 0.0747. The van der Waals surface area contributed by atoms with Crippen LogP contribution in [0.5, 0.6) is 0 Å². The van der Waals surface area contributed by atoms with Crippen LogP contribution in [0.3, 0.4) is 0 Å². The van der Waals surface area contributed by atoms with Gasteiger partial charge in [-0.2, -0.15) is 0 Å². The Morgan fingerprint density at radius 2 is 2.00 bits per heavy atom. The van der Waals surface area contributed by atoms with Crippen molar-refractivity contribution in [1.82, 2.24) is 20.2 Å². The van der Waals surface area contributed by atoms with Crippen LogP contribution in [0.15, 0.2) is 43.0 Å². The zero-order valence-corrected chi connectivity index (χ0v) is 15.6. The number of carbonyl (C=O) groups excluding carboxylic acids is 2. The molecule has 3 rings (SSSR count). The normalized spacial score (nSPS) is 18.0. The summed E-state index contributed by atoms with van der Waals surface area (Å²) >= 11 is 0. The summed E-state index contributed by atoms with van der Waals surface area (Å²) in [5, 5.41) is 2.75. The van der Waals surface area contributed by atoms with E-state index in [0.29, 0.717) is 13.0 Å². The van der Waals surface area contributed by atoms with E-state index in [1.54, 1.807) is 25.5 Å². The van der Waals surface area contributed by atoms with Crippen molar-refractivity contribution in [2.75, 3.05) is 18.6 Å². The number of sulfone groups is 1. The van der Waals surface area contributed by atoms with E-state index in [-0.39, 0.29) is 40.5 Å². The van der Waals surface area contributed by atoms with Crippen molar-refractivity contribution in [2.24, 2.45) is 0 Å². The quantitative estimate of drug-likeness (QED) is 0.806. The van der Waals surface area contributed by atoms with E-state index in [1.165, 1.54) is 23.4 Å². The fourth-order valence-electron chi connectivity index (χ4n) is 2.92. The van der Waals surface area contributed by atoms with Gasteiger partial charge in [0.1, 0.15) is 0 Å². The van der Waals surface area contributed by atoms with Gasteiger partial charge in [0.25, 0.3) is 11.8 Å². The fraction of sp³-hybridized carbons (Fsp3) is 0.333. The van der Waals surface area contributed by atoms with Crippen LogP contribution >= 0.6 is 0 Å². The third kappa shape index (κ3) is 4.68. The van der Waals surface area contributed by atoms with E-state index in [2.05, 4.69) is 15.3 Å². The number of rotatable bonds is 5. The van der Waals surface area contributed by atoms with Crippen molar-refractivity contribution < 1.29 is 18.0 Å². The van der Waals surface area contributed by atoms with Crippen LogP contribution in [0.4, 0.5) is 0 Å². The number of hydrogen-bond donors (Lipinski definition) is 1. The highest BCUT2D eigenvalue weighted by molar-refractivity contribution is 7.91. The Morgan fingerprint density at radius 1 is 1.22 bits per heavy atom. The SMILES string of the molecule is CN(C(=O)c1cncc(C(=O)NCc2cccnc2)c1)C1CCS(=O)(=O)C1. The minimum absolute atomic E-state index is 0.0338. The van der Waals surface area contributed by atoms with Crippen molar-refractivity contribution >= 4 is 21.7 Å². The molecule has 1 atom stereocenters. The van der Waals surface area contributed by atoms with E-state index in [0.717, 1.165) is 5.56 Å². The molecule has 1 saturated heterocycles. The zero-order chi connectivity index (χ0) is 19.4. The largest absolute Gasteiger partial charge is 0.348 e. The summed E-state index contributed by atoms with van der Waals surface area (Å²) in [6.07, 6.45) is 6.48. The molecule has 0 aromatic carbocycles. The maximum Gasteiger partial charge on any atom is 0.255 e. The fourth-order valence-corrected chi connectivity index (χ4v) is 4.69. The zero-order valence-electron chi connectivity index (χ0n) is 14.8. The molecule has 2 aromatic heterocycles. The molecular weight excluding hydrogens is 368 g/mol. The number of aromatic nitrogens is 2. The van der Waals surface area contributed by atoms with E-state index < -0.39 is 9.84 Å². The molecule has 1 unspecified atom stereocenters. The van der Waals surface area contributed by atoms with Gasteiger partial charge >= 0.3 is 0 Å². The molecule has 1 aliphatic rings. The first-order valence-electron chi connectivity index (χ1n) is 8.45. The summed E-state index contributed by atoms with van der Waals surface area (Å²) in [4.78, 5) is 34.4. The molecule has 2 aromatic rings. The van der Waals surface area contributed by atoms with Crippen molar-refractivity contribution in [1.29, 1.82) is 0 Å². The minimum Gasteiger partial charge on any atom is -0.348 e. The van der Waals surface area contributed by atoms with E-state index in [9.17, 15) is 18.0 Å². The molecule has 1 N–H and O–H groups in total. The Kier molecular flexibility index (Phi) is 5.50. The summed E-state index contributed by atoms with van der Waals surface area (Å²) in [7, 11) is -1.52. The highest BCUT2D eigenvalue weighted by atomic mass is 32.2. The molecule has 0 aliphatic carbocycles. The molecular formula is C18H20N4O4S. The Labute approximate surface area is 157 Å². The number of carbonyl (C=O) groups is 2. The molecule has 3 heterocycles. The monoisotopic (exact) mass is 388 g/mol. The molecule has 142 valence electrons. The second-order valence-corrected chi connectivity index (χ2v) is 8.71. The standard InChI is InChI=1S/C18H20N4O4S/c1-22(16-4-6-27(25,26)12-16)18(24)15-7-14(10-20-11-15)17(23)21-9-13-3-2-5-19-8-13/h2-3,5,7-8,10-11,16H,4,6,9,12H2,1H3,(H,21,23). The molecule has 0 spiro atoms. The summed E-state index contributed by atoms with van der Waals surface area (Å²) < 4.78 is 23.3. The molecule has 27 heavy (non-hydrogen) atoms. The summed E-state index contributed by atoms with van der Waals surface area (Å²) in [5.74, 6) is -0.656. The lowest BCUT2D eigenvalue weighted by Crippen LogP contribution is -2.38. The van der Waals surface area contributed by atoms with Crippen LogP contribution in [0.25, 0.3) is 0 Å². The van der Waals surface area contributed by atoms with Crippen LogP contribution in [0.1, 0.15) is 32.7 Å². The summed E-state index contributed by atoms with van der Waals surface area (Å²) in [6.45, 7) is 0.310. The first-order chi connectivity index (χ1) is 12.9. The van der Waals surface area contributed by atoms with Crippen LogP contribution in [0, 0.1) is 0 Å². The highest BCUT2D eigenvalue weighted by Gasteiger charge is 2.33. The molecule has 8 nitrogen and oxygen atoms in total. The molecule has 0 bridgehead atoms. The first kappa shape index (κ1) is 19.0.